The van der Waals surface area contributed by atoms with Crippen molar-refractivity contribution in [2.24, 2.45) is 13.0 Å². The van der Waals surface area contributed by atoms with Crippen molar-refractivity contribution in [2.45, 2.75) is 47.1 Å². The van der Waals surface area contributed by atoms with Gasteiger partial charge in [-0.3, -0.25) is 4.79 Å². The average molecular weight is 391 g/mol. The van der Waals surface area contributed by atoms with E-state index in [1.54, 1.807) is 4.68 Å². The molecule has 0 saturated carbocycles. The number of hydrogen-bond acceptors (Lipinski definition) is 3. The van der Waals surface area contributed by atoms with E-state index in [0.29, 0.717) is 18.9 Å². The molecule has 152 valence electrons. The maximum absolute atomic E-state index is 13.2. The van der Waals surface area contributed by atoms with Crippen molar-refractivity contribution in [1.82, 2.24) is 15.0 Å². The van der Waals surface area contributed by atoms with Crippen LogP contribution in [-0.4, -0.2) is 20.9 Å². The van der Waals surface area contributed by atoms with Gasteiger partial charge in [0.1, 0.15) is 5.69 Å². The fraction of sp³-hybridized carbons (Fsp3) is 0.375. The number of aromatic nitrogens is 3. The summed E-state index contributed by atoms with van der Waals surface area (Å²) in [6.45, 7) is 8.84. The van der Waals surface area contributed by atoms with Crippen molar-refractivity contribution in [3.05, 3.63) is 54.1 Å². The van der Waals surface area contributed by atoms with E-state index in [1.165, 1.54) is 0 Å². The lowest BCUT2D eigenvalue weighted by Gasteiger charge is -2.28. The van der Waals surface area contributed by atoms with Crippen LogP contribution in [0.3, 0.4) is 0 Å². The number of para-hydroxylation sites is 1. The molecular weight excluding hydrogens is 360 g/mol. The van der Waals surface area contributed by atoms with Gasteiger partial charge in [-0.1, -0.05) is 75.4 Å². The van der Waals surface area contributed by atoms with Crippen LogP contribution in [-0.2, 0) is 18.4 Å². The summed E-state index contributed by atoms with van der Waals surface area (Å²) >= 11 is 0. The molecule has 5 heteroatoms. The molecule has 1 amide bonds. The number of fused-ring (bicyclic) bond motifs is 5. The van der Waals surface area contributed by atoms with Crippen molar-refractivity contribution < 1.29 is 4.79 Å². The zero-order chi connectivity index (χ0) is 21.0. The van der Waals surface area contributed by atoms with Crippen molar-refractivity contribution in [3.8, 4) is 22.5 Å². The molecule has 0 radical (unpaired) electrons. The standard InChI is InChI=1S/C22H24N4O.C2H6/c1-15(2)12-13-20(27)26-14-16-8-4-5-9-17(16)21-22(25(3)24-23-21)18-10-6-7-11-19(18)26;1-2/h4-11,15H,12-14H2,1-3H3;1-2H3. The van der Waals surface area contributed by atoms with E-state index in [4.69, 9.17) is 0 Å². The second-order valence-corrected chi connectivity index (χ2v) is 7.50. The van der Waals surface area contributed by atoms with Gasteiger partial charge in [-0.25, -0.2) is 4.68 Å². The van der Waals surface area contributed by atoms with Crippen LogP contribution in [0.1, 0.15) is 46.1 Å². The van der Waals surface area contributed by atoms with Crippen LogP contribution in [0.25, 0.3) is 22.5 Å². The molecule has 1 aromatic heterocycles. The van der Waals surface area contributed by atoms with Crippen molar-refractivity contribution in [1.29, 1.82) is 0 Å². The maximum Gasteiger partial charge on any atom is 0.227 e. The molecule has 0 fully saturated rings. The summed E-state index contributed by atoms with van der Waals surface area (Å²) in [7, 11) is 1.90. The molecular formula is C24H30N4O. The van der Waals surface area contributed by atoms with E-state index < -0.39 is 0 Å². The molecule has 2 heterocycles. The Labute approximate surface area is 173 Å². The van der Waals surface area contributed by atoms with Crippen molar-refractivity contribution >= 4 is 11.6 Å². The Morgan fingerprint density at radius 2 is 1.69 bits per heavy atom. The SMILES string of the molecule is CC.CC(C)CCC(=O)N1Cc2ccccc2-c2nnn(C)c2-c2ccccc21. The summed E-state index contributed by atoms with van der Waals surface area (Å²) < 4.78 is 1.80. The fourth-order valence-corrected chi connectivity index (χ4v) is 3.66. The molecule has 29 heavy (non-hydrogen) atoms. The summed E-state index contributed by atoms with van der Waals surface area (Å²) in [6, 6.07) is 16.2. The Morgan fingerprint density at radius 1 is 1.03 bits per heavy atom. The van der Waals surface area contributed by atoms with Gasteiger partial charge in [-0.05, 0) is 24.0 Å². The Bertz CT molecular complexity index is 990. The molecule has 2 aromatic carbocycles. The minimum Gasteiger partial charge on any atom is -0.307 e. The first-order chi connectivity index (χ1) is 14.1. The zero-order valence-corrected chi connectivity index (χ0v) is 18.0. The second kappa shape index (κ2) is 9.03. The first kappa shape index (κ1) is 20.8. The van der Waals surface area contributed by atoms with Gasteiger partial charge in [0.25, 0.3) is 0 Å². The number of nitrogens with zero attached hydrogens (tertiary/aromatic N) is 4. The average Bonchev–Trinajstić information content (AvgIpc) is 3.11. The van der Waals surface area contributed by atoms with Gasteiger partial charge in [0.2, 0.25) is 5.91 Å². The van der Waals surface area contributed by atoms with E-state index >= 15 is 0 Å². The highest BCUT2D eigenvalue weighted by atomic mass is 16.2. The first-order valence-electron chi connectivity index (χ1n) is 10.4. The largest absolute Gasteiger partial charge is 0.307 e. The number of anilines is 1. The molecule has 0 bridgehead atoms. The summed E-state index contributed by atoms with van der Waals surface area (Å²) in [5.74, 6) is 0.656. The van der Waals surface area contributed by atoms with Crippen molar-refractivity contribution in [3.63, 3.8) is 0 Å². The van der Waals surface area contributed by atoms with Gasteiger partial charge in [0.05, 0.1) is 17.9 Å². The maximum atomic E-state index is 13.2. The minimum atomic E-state index is 0.157. The zero-order valence-electron chi connectivity index (χ0n) is 18.0. The molecule has 0 unspecified atom stereocenters. The molecule has 3 aromatic rings. The highest BCUT2D eigenvalue weighted by Gasteiger charge is 2.28. The predicted octanol–water partition coefficient (Wildman–Crippen LogP) is 5.46. The molecule has 1 aliphatic heterocycles. The Kier molecular flexibility index (Phi) is 6.47. The van der Waals surface area contributed by atoms with Crippen LogP contribution in [0.15, 0.2) is 48.5 Å². The van der Waals surface area contributed by atoms with Crippen LogP contribution in [0, 0.1) is 5.92 Å². The summed E-state index contributed by atoms with van der Waals surface area (Å²) in [5.41, 5.74) is 5.86. The molecule has 0 saturated heterocycles. The Morgan fingerprint density at radius 3 is 2.41 bits per heavy atom. The van der Waals surface area contributed by atoms with Crippen molar-refractivity contribution in [2.75, 3.05) is 4.90 Å². The number of hydrogen-bond donors (Lipinski definition) is 0. The van der Waals surface area contributed by atoms with Crippen LogP contribution in [0.2, 0.25) is 0 Å². The lowest BCUT2D eigenvalue weighted by molar-refractivity contribution is -0.119. The quantitative estimate of drug-likeness (QED) is 0.597. The van der Waals surface area contributed by atoms with Crippen LogP contribution >= 0.6 is 0 Å². The number of benzene rings is 2. The van der Waals surface area contributed by atoms with Gasteiger partial charge in [0.15, 0.2) is 0 Å². The van der Waals surface area contributed by atoms with E-state index in [1.807, 2.05) is 62.2 Å². The lowest BCUT2D eigenvalue weighted by Crippen LogP contribution is -2.31. The lowest BCUT2D eigenvalue weighted by atomic mass is 9.95. The smallest absolute Gasteiger partial charge is 0.227 e. The third-order valence-electron chi connectivity index (χ3n) is 5.11. The van der Waals surface area contributed by atoms with Gasteiger partial charge < -0.3 is 4.90 Å². The minimum absolute atomic E-state index is 0.157. The number of aryl methyl sites for hydroxylation is 1. The van der Waals surface area contributed by atoms with Gasteiger partial charge in [-0.2, -0.15) is 0 Å². The highest BCUT2D eigenvalue weighted by Crippen LogP contribution is 2.40. The molecule has 4 rings (SSSR count). The second-order valence-electron chi connectivity index (χ2n) is 7.50. The third kappa shape index (κ3) is 4.09. The number of carbonyl (C=O) groups excluding carboxylic acids is 1. The predicted molar refractivity (Wildman–Crippen MR) is 118 cm³/mol. The normalized spacial score (nSPS) is 12.1. The van der Waals surface area contributed by atoms with E-state index in [-0.39, 0.29) is 5.91 Å². The Hall–Kier alpha value is -2.95. The van der Waals surface area contributed by atoms with Gasteiger partial charge in [-0.15, -0.1) is 5.10 Å². The van der Waals surface area contributed by atoms with Gasteiger partial charge in [0, 0.05) is 24.6 Å². The van der Waals surface area contributed by atoms with Crippen LogP contribution in [0.5, 0.6) is 0 Å². The molecule has 1 aliphatic rings. The number of rotatable bonds is 3. The fourth-order valence-electron chi connectivity index (χ4n) is 3.66. The van der Waals surface area contributed by atoms with Gasteiger partial charge >= 0.3 is 0 Å². The highest BCUT2D eigenvalue weighted by molar-refractivity contribution is 6.00. The molecule has 0 aliphatic carbocycles. The van der Waals surface area contributed by atoms with Crippen LogP contribution < -0.4 is 4.90 Å². The van der Waals surface area contributed by atoms with Crippen LogP contribution in [0.4, 0.5) is 5.69 Å². The first-order valence-corrected chi connectivity index (χ1v) is 10.4. The monoisotopic (exact) mass is 390 g/mol. The topological polar surface area (TPSA) is 51.0 Å². The molecule has 0 spiro atoms. The molecule has 0 N–H and O–H groups in total. The number of amides is 1. The summed E-state index contributed by atoms with van der Waals surface area (Å²) in [4.78, 5) is 15.1. The van der Waals surface area contributed by atoms with E-state index in [2.05, 4.69) is 36.3 Å². The van der Waals surface area contributed by atoms with E-state index in [9.17, 15) is 4.79 Å². The summed E-state index contributed by atoms with van der Waals surface area (Å²) in [6.07, 6.45) is 1.43. The number of carbonyl (C=O) groups is 1. The third-order valence-corrected chi connectivity index (χ3v) is 5.11. The molecule has 5 nitrogen and oxygen atoms in total. The molecule has 0 atom stereocenters. The Balaban J connectivity index is 0.00000117. The summed E-state index contributed by atoms with van der Waals surface area (Å²) in [5, 5.41) is 8.71. The van der Waals surface area contributed by atoms with E-state index in [0.717, 1.165) is 40.2 Å².